The van der Waals surface area contributed by atoms with Gasteiger partial charge in [-0.3, -0.25) is 9.59 Å². The van der Waals surface area contributed by atoms with Crippen LogP contribution in [0.25, 0.3) is 0 Å². The van der Waals surface area contributed by atoms with E-state index in [-0.39, 0.29) is 49.1 Å². The molecule has 0 radical (unpaired) electrons. The molecule has 12 heteroatoms. The first-order valence-corrected chi connectivity index (χ1v) is 11.2. The van der Waals surface area contributed by atoms with Crippen LogP contribution in [0.3, 0.4) is 0 Å². The molecule has 4 N–H and O–H groups in total. The van der Waals surface area contributed by atoms with Crippen LogP contribution in [0.1, 0.15) is 37.3 Å². The van der Waals surface area contributed by atoms with Gasteiger partial charge in [-0.25, -0.2) is 10.9 Å². The van der Waals surface area contributed by atoms with Crippen LogP contribution >= 0.6 is 46.4 Å². The van der Waals surface area contributed by atoms with Gasteiger partial charge in [0.1, 0.15) is 17.4 Å². The molecule has 0 saturated carbocycles. The quantitative estimate of drug-likeness (QED) is 0.203. The van der Waals surface area contributed by atoms with E-state index in [4.69, 9.17) is 46.4 Å². The molecule has 2 amide bonds. The number of halogens is 4. The van der Waals surface area contributed by atoms with Crippen LogP contribution in [0.5, 0.6) is 11.5 Å². The number of aromatic hydroxyl groups is 2. The zero-order valence-corrected chi connectivity index (χ0v) is 20.3. The summed E-state index contributed by atoms with van der Waals surface area (Å²) in [5.41, 5.74) is 4.90. The Morgan fingerprint density at radius 1 is 0.879 bits per heavy atom. The summed E-state index contributed by atoms with van der Waals surface area (Å²) in [5, 5.41) is 28.0. The smallest absolute Gasteiger partial charge is 0.252 e. The molecule has 8 nitrogen and oxygen atoms in total. The predicted octanol–water partition coefficient (Wildman–Crippen LogP) is 5.12. The Bertz CT molecular complexity index is 1010. The van der Waals surface area contributed by atoms with E-state index in [0.717, 1.165) is 18.9 Å². The van der Waals surface area contributed by atoms with Crippen molar-refractivity contribution in [2.24, 2.45) is 16.1 Å². The minimum atomic E-state index is -1.09. The molecule has 0 aliphatic rings. The fourth-order valence-corrected chi connectivity index (χ4v) is 3.66. The molecule has 2 rings (SSSR count). The van der Waals surface area contributed by atoms with Gasteiger partial charge in [0, 0.05) is 21.2 Å². The van der Waals surface area contributed by atoms with E-state index < -0.39 is 17.7 Å². The Balaban J connectivity index is 2.08. The van der Waals surface area contributed by atoms with E-state index >= 15 is 0 Å². The number of phenolic OH excluding ortho intramolecular Hbond substituents is 2. The number of hydrogen-bond donors (Lipinski definition) is 4. The van der Waals surface area contributed by atoms with Gasteiger partial charge in [-0.2, -0.15) is 10.2 Å². The van der Waals surface area contributed by atoms with Gasteiger partial charge >= 0.3 is 0 Å². The molecule has 0 aliphatic carbocycles. The van der Waals surface area contributed by atoms with Crippen molar-refractivity contribution in [2.45, 2.75) is 26.2 Å². The third-order valence-electron chi connectivity index (χ3n) is 4.35. The highest BCUT2D eigenvalue weighted by atomic mass is 35.5. The monoisotopic (exact) mass is 532 g/mol. The van der Waals surface area contributed by atoms with Gasteiger partial charge in [0.05, 0.1) is 22.5 Å². The van der Waals surface area contributed by atoms with Crippen molar-refractivity contribution in [2.75, 3.05) is 0 Å². The maximum absolute atomic E-state index is 12.5. The van der Waals surface area contributed by atoms with Crippen molar-refractivity contribution in [3.05, 3.63) is 55.5 Å². The van der Waals surface area contributed by atoms with E-state index in [1.165, 1.54) is 24.3 Å². The highest BCUT2D eigenvalue weighted by Crippen LogP contribution is 2.30. The molecular weight excluding hydrogens is 514 g/mol. The first-order valence-electron chi connectivity index (χ1n) is 9.65. The van der Waals surface area contributed by atoms with E-state index in [1.807, 2.05) is 6.92 Å². The Labute approximate surface area is 210 Å². The van der Waals surface area contributed by atoms with Crippen LogP contribution in [0.4, 0.5) is 0 Å². The van der Waals surface area contributed by atoms with E-state index in [9.17, 15) is 19.8 Å². The lowest BCUT2D eigenvalue weighted by molar-refractivity contribution is -0.135. The molecule has 0 saturated heterocycles. The average molecular weight is 534 g/mol. The summed E-state index contributed by atoms with van der Waals surface area (Å²) in [6.45, 7) is 1.92. The molecule has 0 spiro atoms. The number of nitrogens with zero attached hydrogens (tertiary/aromatic N) is 2. The lowest BCUT2D eigenvalue weighted by atomic mass is 10.0. The topological polar surface area (TPSA) is 123 Å². The number of carbonyl (C=O) groups excluding carboxylic acids is 2. The number of hydrogen-bond acceptors (Lipinski definition) is 6. The van der Waals surface area contributed by atoms with Crippen LogP contribution in [0.2, 0.25) is 20.1 Å². The molecule has 0 unspecified atom stereocenters. The Morgan fingerprint density at radius 2 is 1.30 bits per heavy atom. The third-order valence-corrected chi connectivity index (χ3v) is 5.36. The third kappa shape index (κ3) is 7.78. The second kappa shape index (κ2) is 12.6. The van der Waals surface area contributed by atoms with E-state index in [1.54, 1.807) is 0 Å². The zero-order chi connectivity index (χ0) is 24.5. The first-order chi connectivity index (χ1) is 15.6. The first kappa shape index (κ1) is 26.7. The summed E-state index contributed by atoms with van der Waals surface area (Å²) in [6.07, 6.45) is 3.93. The summed E-state index contributed by atoms with van der Waals surface area (Å²) in [6, 6.07) is 5.53. The number of nitrogens with one attached hydrogen (secondary N) is 2. The maximum Gasteiger partial charge on any atom is 0.252 e. The Kier molecular flexibility index (Phi) is 10.2. The molecular formula is C21H20Cl4N4O4. The van der Waals surface area contributed by atoms with Gasteiger partial charge in [-0.1, -0.05) is 66.2 Å². The number of amides is 2. The molecule has 0 bridgehead atoms. The summed E-state index contributed by atoms with van der Waals surface area (Å²) >= 11 is 23.5. The fourth-order valence-electron chi connectivity index (χ4n) is 2.64. The summed E-state index contributed by atoms with van der Waals surface area (Å²) in [5.74, 6) is -2.94. The summed E-state index contributed by atoms with van der Waals surface area (Å²) in [4.78, 5) is 25.1. The fraction of sp³-hybridized carbons (Fsp3) is 0.238. The Hall–Kier alpha value is -2.52. The number of hydrazone groups is 2. The van der Waals surface area contributed by atoms with Crippen molar-refractivity contribution in [3.63, 3.8) is 0 Å². The van der Waals surface area contributed by atoms with Crippen molar-refractivity contribution in [1.82, 2.24) is 10.9 Å². The predicted molar refractivity (Wildman–Crippen MR) is 131 cm³/mol. The van der Waals surface area contributed by atoms with Crippen molar-refractivity contribution < 1.29 is 19.8 Å². The van der Waals surface area contributed by atoms with Gasteiger partial charge in [0.25, 0.3) is 11.8 Å². The number of benzene rings is 2. The van der Waals surface area contributed by atoms with Crippen LogP contribution in [0.15, 0.2) is 34.5 Å². The van der Waals surface area contributed by atoms with Crippen molar-refractivity contribution >= 4 is 70.6 Å². The van der Waals surface area contributed by atoms with Crippen molar-refractivity contribution in [1.29, 1.82) is 0 Å². The lowest BCUT2D eigenvalue weighted by Crippen LogP contribution is -2.38. The van der Waals surface area contributed by atoms with Crippen LogP contribution in [-0.4, -0.2) is 34.5 Å². The molecule has 33 heavy (non-hydrogen) atoms. The average Bonchev–Trinajstić information content (AvgIpc) is 2.75. The van der Waals surface area contributed by atoms with E-state index in [0.29, 0.717) is 6.42 Å². The van der Waals surface area contributed by atoms with Crippen LogP contribution < -0.4 is 10.9 Å². The lowest BCUT2D eigenvalue weighted by Gasteiger charge is -2.13. The normalized spacial score (nSPS) is 11.5. The van der Waals surface area contributed by atoms with Crippen LogP contribution in [-0.2, 0) is 9.59 Å². The molecule has 0 atom stereocenters. The van der Waals surface area contributed by atoms with Gasteiger partial charge < -0.3 is 10.2 Å². The highest BCUT2D eigenvalue weighted by molar-refractivity contribution is 6.36. The highest BCUT2D eigenvalue weighted by Gasteiger charge is 2.26. The van der Waals surface area contributed by atoms with E-state index in [2.05, 4.69) is 21.1 Å². The number of unbranched alkanes of at least 4 members (excludes halogenated alkanes) is 1. The number of phenols is 2. The molecule has 0 aromatic heterocycles. The van der Waals surface area contributed by atoms with Gasteiger partial charge in [-0.05, 0) is 30.7 Å². The minimum Gasteiger partial charge on any atom is -0.506 e. The molecule has 0 aliphatic heterocycles. The second-order valence-corrected chi connectivity index (χ2v) is 8.50. The summed E-state index contributed by atoms with van der Waals surface area (Å²) < 4.78 is 0. The number of rotatable bonds is 9. The van der Waals surface area contributed by atoms with Gasteiger partial charge in [0.15, 0.2) is 0 Å². The minimum absolute atomic E-state index is 0.0281. The number of carbonyl (C=O) groups is 2. The second-order valence-electron chi connectivity index (χ2n) is 6.81. The van der Waals surface area contributed by atoms with Crippen LogP contribution in [0, 0.1) is 5.92 Å². The zero-order valence-electron chi connectivity index (χ0n) is 17.3. The SMILES string of the molecule is CCCCC(C(=O)N/N=C\c1cc(Cl)cc(Cl)c1O)C(=O)N/N=C\c1cc(Cl)cc(Cl)c1O. The molecule has 2 aromatic carbocycles. The molecule has 0 fully saturated rings. The van der Waals surface area contributed by atoms with Crippen molar-refractivity contribution in [3.8, 4) is 11.5 Å². The standard InChI is InChI=1S/C21H20Cl4N4O4/c1-2-3-4-15(20(32)28-26-9-11-5-13(22)7-16(24)18(11)30)21(33)29-27-10-12-6-14(23)8-17(25)19(12)31/h5-10,15,30-31H,2-4H2,1H3,(H,28,32)(H,29,33)/b26-9-,27-10-. The van der Waals surface area contributed by atoms with Gasteiger partial charge in [0.2, 0.25) is 0 Å². The molecule has 2 aromatic rings. The maximum atomic E-state index is 12.5. The Morgan fingerprint density at radius 3 is 1.70 bits per heavy atom. The molecule has 176 valence electrons. The van der Waals surface area contributed by atoms with Gasteiger partial charge in [-0.15, -0.1) is 0 Å². The molecule has 0 heterocycles. The summed E-state index contributed by atoms with van der Waals surface area (Å²) in [7, 11) is 0. The largest absolute Gasteiger partial charge is 0.506 e.